The fraction of sp³-hybridized carbons (Fsp3) is 0.882. The van der Waals surface area contributed by atoms with Crippen molar-refractivity contribution in [2.75, 3.05) is 13.1 Å². The van der Waals surface area contributed by atoms with Crippen LogP contribution in [0.1, 0.15) is 65.7 Å². The Balaban J connectivity index is 1.90. The van der Waals surface area contributed by atoms with Gasteiger partial charge in [0.05, 0.1) is 5.76 Å². The zero-order valence-corrected chi connectivity index (χ0v) is 13.0. The van der Waals surface area contributed by atoms with Crippen LogP contribution in [0.5, 0.6) is 0 Å². The van der Waals surface area contributed by atoms with Gasteiger partial charge < -0.3 is 4.74 Å². The first-order chi connectivity index (χ1) is 9.20. The molecule has 2 nitrogen and oxygen atoms in total. The highest BCUT2D eigenvalue weighted by molar-refractivity contribution is 4.95. The van der Waals surface area contributed by atoms with Crippen molar-refractivity contribution >= 4 is 0 Å². The third-order valence-electron chi connectivity index (χ3n) is 4.78. The average Bonchev–Trinajstić information content (AvgIpc) is 2.39. The number of ether oxygens (including phenoxy) is 1. The predicted octanol–water partition coefficient (Wildman–Crippen LogP) is 4.36. The number of likely N-dealkylation sites (tertiary alicyclic amines) is 1. The zero-order valence-electron chi connectivity index (χ0n) is 13.0. The van der Waals surface area contributed by atoms with Gasteiger partial charge in [-0.2, -0.15) is 0 Å². The van der Waals surface area contributed by atoms with Crippen molar-refractivity contribution in [3.8, 4) is 0 Å². The van der Waals surface area contributed by atoms with Crippen LogP contribution in [0.25, 0.3) is 0 Å². The van der Waals surface area contributed by atoms with E-state index in [9.17, 15) is 0 Å². The highest BCUT2D eigenvalue weighted by Gasteiger charge is 2.29. The van der Waals surface area contributed by atoms with Crippen LogP contribution < -0.4 is 0 Å². The van der Waals surface area contributed by atoms with E-state index in [0.717, 1.165) is 24.3 Å². The molecule has 19 heavy (non-hydrogen) atoms. The quantitative estimate of drug-likeness (QED) is 0.732. The zero-order chi connectivity index (χ0) is 13.7. The van der Waals surface area contributed by atoms with Crippen molar-refractivity contribution in [3.63, 3.8) is 0 Å². The molecule has 2 aliphatic heterocycles. The first kappa shape index (κ1) is 14.9. The van der Waals surface area contributed by atoms with Crippen LogP contribution in [0, 0.1) is 5.92 Å². The lowest BCUT2D eigenvalue weighted by Gasteiger charge is -2.41. The normalized spacial score (nSPS) is 30.6. The molecule has 110 valence electrons. The van der Waals surface area contributed by atoms with Crippen LogP contribution in [0.3, 0.4) is 0 Å². The van der Waals surface area contributed by atoms with Gasteiger partial charge in [0.1, 0.15) is 6.10 Å². The standard InChI is InChI=1S/C17H31NO/c1-4-8-14(2)17-11-5-6-12-18(17)13-16-10-7-9-15(3)19-16/h9,14,16-17H,4-8,10-13H2,1-3H3/t14?,16-,17?/m0/s1. The summed E-state index contributed by atoms with van der Waals surface area (Å²) >= 11 is 0. The Morgan fingerprint density at radius 3 is 2.95 bits per heavy atom. The van der Waals surface area contributed by atoms with E-state index in [4.69, 9.17) is 4.74 Å². The molecule has 2 unspecified atom stereocenters. The minimum atomic E-state index is 0.430. The lowest BCUT2D eigenvalue weighted by Crippen LogP contribution is -2.47. The Kier molecular flexibility index (Phi) is 5.75. The van der Waals surface area contributed by atoms with E-state index in [0.29, 0.717) is 6.10 Å². The van der Waals surface area contributed by atoms with E-state index < -0.39 is 0 Å². The highest BCUT2D eigenvalue weighted by Crippen LogP contribution is 2.28. The summed E-state index contributed by atoms with van der Waals surface area (Å²) in [5, 5.41) is 0. The van der Waals surface area contributed by atoms with Gasteiger partial charge in [-0.25, -0.2) is 0 Å². The number of hydrogen-bond acceptors (Lipinski definition) is 2. The smallest absolute Gasteiger partial charge is 0.111 e. The fourth-order valence-electron chi connectivity index (χ4n) is 3.77. The number of nitrogens with zero attached hydrogens (tertiary/aromatic N) is 1. The van der Waals surface area contributed by atoms with Crippen molar-refractivity contribution < 1.29 is 4.74 Å². The molecule has 0 amide bonds. The summed E-state index contributed by atoms with van der Waals surface area (Å²) in [6, 6.07) is 0.795. The van der Waals surface area contributed by atoms with Gasteiger partial charge in [-0.3, -0.25) is 4.90 Å². The van der Waals surface area contributed by atoms with E-state index in [1.54, 1.807) is 0 Å². The minimum absolute atomic E-state index is 0.430. The maximum Gasteiger partial charge on any atom is 0.111 e. The maximum absolute atomic E-state index is 6.00. The molecular weight excluding hydrogens is 234 g/mol. The molecule has 2 heteroatoms. The number of hydrogen-bond donors (Lipinski definition) is 0. The molecule has 0 spiro atoms. The van der Waals surface area contributed by atoms with Gasteiger partial charge in [-0.05, 0) is 57.6 Å². The molecule has 0 aromatic heterocycles. The van der Waals surface area contributed by atoms with E-state index in [-0.39, 0.29) is 0 Å². The Morgan fingerprint density at radius 1 is 1.37 bits per heavy atom. The van der Waals surface area contributed by atoms with Gasteiger partial charge in [-0.1, -0.05) is 26.7 Å². The summed E-state index contributed by atoms with van der Waals surface area (Å²) in [7, 11) is 0. The monoisotopic (exact) mass is 265 g/mol. The Morgan fingerprint density at radius 2 is 2.21 bits per heavy atom. The topological polar surface area (TPSA) is 12.5 Å². The van der Waals surface area contributed by atoms with Crippen LogP contribution in [-0.2, 0) is 4.74 Å². The van der Waals surface area contributed by atoms with Gasteiger partial charge in [0.15, 0.2) is 0 Å². The van der Waals surface area contributed by atoms with Crippen molar-refractivity contribution in [3.05, 3.63) is 11.8 Å². The molecule has 0 N–H and O–H groups in total. The molecular formula is C17H31NO. The van der Waals surface area contributed by atoms with E-state index in [1.165, 1.54) is 51.5 Å². The van der Waals surface area contributed by atoms with Crippen molar-refractivity contribution in [2.45, 2.75) is 77.9 Å². The van der Waals surface area contributed by atoms with Gasteiger partial charge in [0, 0.05) is 12.6 Å². The highest BCUT2D eigenvalue weighted by atomic mass is 16.5. The van der Waals surface area contributed by atoms with E-state index >= 15 is 0 Å². The third-order valence-corrected chi connectivity index (χ3v) is 4.78. The molecule has 1 saturated heterocycles. The summed E-state index contributed by atoms with van der Waals surface area (Å²) in [5.41, 5.74) is 0. The van der Waals surface area contributed by atoms with Crippen LogP contribution in [0.2, 0.25) is 0 Å². The summed E-state index contributed by atoms with van der Waals surface area (Å²) in [5.74, 6) is 1.97. The van der Waals surface area contributed by atoms with E-state index in [2.05, 4.69) is 31.7 Å². The summed E-state index contributed by atoms with van der Waals surface area (Å²) in [6.07, 6.45) is 11.9. The first-order valence-electron chi connectivity index (χ1n) is 8.28. The second-order valence-electron chi connectivity index (χ2n) is 6.46. The molecule has 0 aromatic carbocycles. The second kappa shape index (κ2) is 7.33. The number of allylic oxidation sites excluding steroid dienone is 2. The van der Waals surface area contributed by atoms with Crippen LogP contribution in [0.15, 0.2) is 11.8 Å². The molecule has 2 heterocycles. The summed E-state index contributed by atoms with van der Waals surface area (Å²) in [4.78, 5) is 2.73. The lowest BCUT2D eigenvalue weighted by atomic mass is 9.88. The van der Waals surface area contributed by atoms with Gasteiger partial charge in [-0.15, -0.1) is 0 Å². The van der Waals surface area contributed by atoms with Crippen LogP contribution in [0.4, 0.5) is 0 Å². The lowest BCUT2D eigenvalue weighted by molar-refractivity contribution is 0.0186. The predicted molar refractivity (Wildman–Crippen MR) is 81.1 cm³/mol. The molecule has 0 radical (unpaired) electrons. The maximum atomic E-state index is 6.00. The SMILES string of the molecule is CCCC(C)C1CCCCN1C[C@@H]1CCC=C(C)O1. The molecule has 1 fully saturated rings. The largest absolute Gasteiger partial charge is 0.494 e. The summed E-state index contributed by atoms with van der Waals surface area (Å²) in [6.45, 7) is 9.27. The second-order valence-corrected chi connectivity index (χ2v) is 6.46. The molecule has 2 aliphatic rings. The third kappa shape index (κ3) is 4.24. The van der Waals surface area contributed by atoms with Gasteiger partial charge in [0.25, 0.3) is 0 Å². The number of rotatable bonds is 5. The van der Waals surface area contributed by atoms with Crippen LogP contribution in [-0.4, -0.2) is 30.1 Å². The molecule has 0 aliphatic carbocycles. The fourth-order valence-corrected chi connectivity index (χ4v) is 3.77. The van der Waals surface area contributed by atoms with Crippen LogP contribution >= 0.6 is 0 Å². The Hall–Kier alpha value is -0.500. The molecule has 0 aromatic rings. The summed E-state index contributed by atoms with van der Waals surface area (Å²) < 4.78 is 6.00. The van der Waals surface area contributed by atoms with Gasteiger partial charge >= 0.3 is 0 Å². The van der Waals surface area contributed by atoms with Crippen molar-refractivity contribution in [1.29, 1.82) is 0 Å². The molecule has 2 rings (SSSR count). The van der Waals surface area contributed by atoms with E-state index in [1.807, 2.05) is 0 Å². The molecule has 0 saturated carbocycles. The number of piperidine rings is 1. The average molecular weight is 265 g/mol. The molecule has 3 atom stereocenters. The van der Waals surface area contributed by atoms with Gasteiger partial charge in [0.2, 0.25) is 0 Å². The Bertz CT molecular complexity index is 300. The first-order valence-corrected chi connectivity index (χ1v) is 8.28. The Labute approximate surface area is 119 Å². The van der Waals surface area contributed by atoms with Crippen molar-refractivity contribution in [1.82, 2.24) is 4.90 Å². The molecule has 0 bridgehead atoms. The minimum Gasteiger partial charge on any atom is -0.494 e. The van der Waals surface area contributed by atoms with Crippen molar-refractivity contribution in [2.24, 2.45) is 5.92 Å².